The van der Waals surface area contributed by atoms with E-state index < -0.39 is 0 Å². The third kappa shape index (κ3) is 3.24. The number of amides is 1. The fraction of sp³-hybridized carbons (Fsp3) is 0.105. The van der Waals surface area contributed by atoms with Crippen LogP contribution in [0.3, 0.4) is 0 Å². The molecule has 7 nitrogen and oxygen atoms in total. The normalized spacial score (nSPS) is 11.0. The van der Waals surface area contributed by atoms with Gasteiger partial charge in [-0.25, -0.2) is 8.91 Å². The van der Waals surface area contributed by atoms with Crippen molar-refractivity contribution >= 4 is 22.5 Å². The SMILES string of the molecule is O=C(NCCOc1ccc(F)cc1)c1cnn2c1[nH]c(=O)c1ccccc12. The van der Waals surface area contributed by atoms with Gasteiger partial charge < -0.3 is 15.0 Å². The van der Waals surface area contributed by atoms with Crippen LogP contribution < -0.4 is 15.6 Å². The van der Waals surface area contributed by atoms with Gasteiger partial charge in [0, 0.05) is 0 Å². The number of carbonyl (C=O) groups excluding carboxylic acids is 1. The van der Waals surface area contributed by atoms with Crippen molar-refractivity contribution in [3.8, 4) is 5.75 Å². The third-order valence-electron chi connectivity index (χ3n) is 4.09. The van der Waals surface area contributed by atoms with Crippen LogP contribution in [0.4, 0.5) is 4.39 Å². The molecule has 2 aromatic heterocycles. The van der Waals surface area contributed by atoms with Gasteiger partial charge in [-0.3, -0.25) is 9.59 Å². The summed E-state index contributed by atoms with van der Waals surface area (Å²) < 4.78 is 19.8. The molecule has 4 rings (SSSR count). The Kier molecular flexibility index (Phi) is 4.29. The molecule has 27 heavy (non-hydrogen) atoms. The fourth-order valence-corrected chi connectivity index (χ4v) is 2.80. The first-order chi connectivity index (χ1) is 13.1. The van der Waals surface area contributed by atoms with Crippen LogP contribution >= 0.6 is 0 Å². The van der Waals surface area contributed by atoms with E-state index in [0.717, 1.165) is 0 Å². The zero-order chi connectivity index (χ0) is 18.8. The summed E-state index contributed by atoms with van der Waals surface area (Å²) in [5, 5.41) is 7.42. The Morgan fingerprint density at radius 1 is 1.19 bits per heavy atom. The summed E-state index contributed by atoms with van der Waals surface area (Å²) in [6, 6.07) is 12.7. The van der Waals surface area contributed by atoms with Crippen LogP contribution in [0.2, 0.25) is 0 Å². The molecule has 2 N–H and O–H groups in total. The van der Waals surface area contributed by atoms with E-state index in [-0.39, 0.29) is 36.0 Å². The van der Waals surface area contributed by atoms with Crippen LogP contribution in [0, 0.1) is 5.82 Å². The predicted octanol–water partition coefficient (Wildman–Crippen LogP) is 2.12. The van der Waals surface area contributed by atoms with Crippen molar-refractivity contribution in [1.29, 1.82) is 0 Å². The number of fused-ring (bicyclic) bond motifs is 3. The molecule has 8 heteroatoms. The molecular formula is C19H15FN4O3. The van der Waals surface area contributed by atoms with Crippen molar-refractivity contribution < 1.29 is 13.9 Å². The van der Waals surface area contributed by atoms with E-state index in [1.165, 1.54) is 35.0 Å². The number of ether oxygens (including phenoxy) is 1. The lowest BCUT2D eigenvalue weighted by atomic mass is 10.2. The van der Waals surface area contributed by atoms with Crippen LogP contribution in [-0.2, 0) is 0 Å². The lowest BCUT2D eigenvalue weighted by Gasteiger charge is -2.07. The van der Waals surface area contributed by atoms with Crippen molar-refractivity contribution in [2.24, 2.45) is 0 Å². The van der Waals surface area contributed by atoms with Crippen molar-refractivity contribution in [2.45, 2.75) is 0 Å². The topological polar surface area (TPSA) is 88.5 Å². The number of aromatic nitrogens is 3. The van der Waals surface area contributed by atoms with Crippen LogP contribution in [-0.4, -0.2) is 33.7 Å². The molecule has 0 fully saturated rings. The number of rotatable bonds is 5. The number of hydrogen-bond acceptors (Lipinski definition) is 4. The molecule has 4 aromatic rings. The van der Waals surface area contributed by atoms with Gasteiger partial charge in [-0.15, -0.1) is 0 Å². The number of aromatic amines is 1. The van der Waals surface area contributed by atoms with E-state index in [2.05, 4.69) is 15.4 Å². The highest BCUT2D eigenvalue weighted by Crippen LogP contribution is 2.14. The zero-order valence-electron chi connectivity index (χ0n) is 14.1. The second-order valence-corrected chi connectivity index (χ2v) is 5.85. The molecule has 0 atom stereocenters. The lowest BCUT2D eigenvalue weighted by Crippen LogP contribution is -2.28. The fourth-order valence-electron chi connectivity index (χ4n) is 2.80. The van der Waals surface area contributed by atoms with Crippen molar-refractivity contribution in [1.82, 2.24) is 19.9 Å². The van der Waals surface area contributed by atoms with Crippen molar-refractivity contribution in [2.75, 3.05) is 13.2 Å². The summed E-state index contributed by atoms with van der Waals surface area (Å²) in [6.45, 7) is 0.460. The number of para-hydroxylation sites is 1. The van der Waals surface area contributed by atoms with E-state index in [0.29, 0.717) is 22.3 Å². The highest BCUT2D eigenvalue weighted by molar-refractivity contribution is 6.00. The molecule has 0 aliphatic heterocycles. The number of halogens is 1. The Hall–Kier alpha value is -3.68. The maximum absolute atomic E-state index is 12.8. The second-order valence-electron chi connectivity index (χ2n) is 5.85. The van der Waals surface area contributed by atoms with Gasteiger partial charge in [-0.2, -0.15) is 5.10 Å². The van der Waals surface area contributed by atoms with Crippen molar-refractivity contribution in [3.05, 3.63) is 76.5 Å². The van der Waals surface area contributed by atoms with Gasteiger partial charge in [0.2, 0.25) is 0 Å². The summed E-state index contributed by atoms with van der Waals surface area (Å²) in [5.74, 6) is -0.207. The van der Waals surface area contributed by atoms with Gasteiger partial charge in [0.15, 0.2) is 0 Å². The molecule has 0 unspecified atom stereocenters. The van der Waals surface area contributed by atoms with Gasteiger partial charge in [0.05, 0.1) is 23.6 Å². The van der Waals surface area contributed by atoms with Gasteiger partial charge in [-0.05, 0) is 36.4 Å². The van der Waals surface area contributed by atoms with Crippen LogP contribution in [0.15, 0.2) is 59.5 Å². The van der Waals surface area contributed by atoms with Crippen LogP contribution in [0.25, 0.3) is 16.6 Å². The molecule has 0 saturated carbocycles. The highest BCUT2D eigenvalue weighted by Gasteiger charge is 2.15. The largest absolute Gasteiger partial charge is 0.492 e. The number of H-pyrrole nitrogens is 1. The standard InChI is InChI=1S/C19H15FN4O3/c20-12-5-7-13(8-6-12)27-10-9-21-18(25)15-11-22-24-16-4-2-1-3-14(16)19(26)23-17(15)24/h1-8,11H,9-10H2,(H,21,25)(H,23,26). The molecule has 2 aromatic carbocycles. The van der Waals surface area contributed by atoms with Crippen molar-refractivity contribution in [3.63, 3.8) is 0 Å². The Bertz CT molecular complexity index is 1180. The Labute approximate surface area is 152 Å². The van der Waals surface area contributed by atoms with E-state index in [9.17, 15) is 14.0 Å². The maximum Gasteiger partial charge on any atom is 0.259 e. The summed E-state index contributed by atoms with van der Waals surface area (Å²) in [6.07, 6.45) is 1.41. The molecular weight excluding hydrogens is 351 g/mol. The first-order valence-electron chi connectivity index (χ1n) is 8.29. The van der Waals surface area contributed by atoms with Gasteiger partial charge in [-0.1, -0.05) is 12.1 Å². The first kappa shape index (κ1) is 16.8. The minimum absolute atomic E-state index is 0.218. The zero-order valence-corrected chi connectivity index (χ0v) is 14.1. The quantitative estimate of drug-likeness (QED) is 0.530. The minimum atomic E-state index is -0.376. The number of nitrogens with one attached hydrogen (secondary N) is 2. The summed E-state index contributed by atoms with van der Waals surface area (Å²) >= 11 is 0. The van der Waals surface area contributed by atoms with E-state index in [1.54, 1.807) is 24.3 Å². The Morgan fingerprint density at radius 3 is 2.78 bits per heavy atom. The lowest BCUT2D eigenvalue weighted by molar-refractivity contribution is 0.0948. The molecule has 0 spiro atoms. The first-order valence-corrected chi connectivity index (χ1v) is 8.29. The number of carbonyl (C=O) groups is 1. The number of hydrogen-bond donors (Lipinski definition) is 2. The molecule has 0 aliphatic carbocycles. The number of nitrogens with zero attached hydrogens (tertiary/aromatic N) is 2. The Balaban J connectivity index is 1.48. The molecule has 1 amide bonds. The van der Waals surface area contributed by atoms with Gasteiger partial charge in [0.1, 0.15) is 29.4 Å². The maximum atomic E-state index is 12.8. The molecule has 136 valence electrons. The van der Waals surface area contributed by atoms with E-state index in [1.807, 2.05) is 0 Å². The number of benzene rings is 2. The smallest absolute Gasteiger partial charge is 0.259 e. The third-order valence-corrected chi connectivity index (χ3v) is 4.09. The summed E-state index contributed by atoms with van der Waals surface area (Å²) in [4.78, 5) is 27.4. The monoisotopic (exact) mass is 366 g/mol. The summed E-state index contributed by atoms with van der Waals surface area (Å²) in [7, 11) is 0. The highest BCUT2D eigenvalue weighted by atomic mass is 19.1. The van der Waals surface area contributed by atoms with E-state index in [4.69, 9.17) is 4.74 Å². The predicted molar refractivity (Wildman–Crippen MR) is 97.5 cm³/mol. The molecule has 0 radical (unpaired) electrons. The summed E-state index contributed by atoms with van der Waals surface area (Å²) in [5.41, 5.74) is 0.928. The Morgan fingerprint density at radius 2 is 1.96 bits per heavy atom. The average molecular weight is 366 g/mol. The van der Waals surface area contributed by atoms with Gasteiger partial charge in [0.25, 0.3) is 11.5 Å². The minimum Gasteiger partial charge on any atom is -0.492 e. The molecule has 0 bridgehead atoms. The molecule has 0 saturated heterocycles. The molecule has 0 aliphatic rings. The van der Waals surface area contributed by atoms with Crippen LogP contribution in [0.1, 0.15) is 10.4 Å². The molecule has 2 heterocycles. The van der Waals surface area contributed by atoms with E-state index >= 15 is 0 Å². The van der Waals surface area contributed by atoms with Crippen LogP contribution in [0.5, 0.6) is 5.75 Å². The second kappa shape index (κ2) is 6.91. The average Bonchev–Trinajstić information content (AvgIpc) is 3.11. The van der Waals surface area contributed by atoms with Gasteiger partial charge >= 0.3 is 0 Å².